The zero-order valence-corrected chi connectivity index (χ0v) is 13.6. The van der Waals surface area contributed by atoms with Gasteiger partial charge in [0.2, 0.25) is 0 Å². The summed E-state index contributed by atoms with van der Waals surface area (Å²) in [6.45, 7) is 8.67. The largest absolute Gasteiger partial charge is 0.294 e. The number of aryl methyl sites for hydroxylation is 3. The van der Waals surface area contributed by atoms with Crippen LogP contribution in [0.5, 0.6) is 0 Å². The summed E-state index contributed by atoms with van der Waals surface area (Å²) in [6.07, 6.45) is 2.12. The fourth-order valence-corrected chi connectivity index (χ4v) is 2.75. The number of nitrogens with zero attached hydrogens (tertiary/aromatic N) is 4. The standard InChI is InChI=1S/C16H24N4O/c1-6-13-16(15(21)8-3)14(7-2)20(18-13)10-12-9-11(4)17-19(12)5/h9H,6-8,10H2,1-5H3. The lowest BCUT2D eigenvalue weighted by Crippen LogP contribution is -2.11. The van der Waals surface area contributed by atoms with Gasteiger partial charge in [0.05, 0.1) is 29.2 Å². The predicted molar refractivity (Wildman–Crippen MR) is 82.7 cm³/mol. The molecule has 0 bridgehead atoms. The Balaban J connectivity index is 2.46. The van der Waals surface area contributed by atoms with Gasteiger partial charge in [0.25, 0.3) is 0 Å². The molecule has 0 atom stereocenters. The fourth-order valence-electron chi connectivity index (χ4n) is 2.75. The molecule has 2 aromatic rings. The maximum Gasteiger partial charge on any atom is 0.166 e. The average Bonchev–Trinajstić information content (AvgIpc) is 2.98. The minimum absolute atomic E-state index is 0.191. The molecule has 0 saturated heterocycles. The van der Waals surface area contributed by atoms with Gasteiger partial charge in [-0.15, -0.1) is 0 Å². The van der Waals surface area contributed by atoms with E-state index in [-0.39, 0.29) is 5.78 Å². The van der Waals surface area contributed by atoms with Crippen molar-refractivity contribution in [3.63, 3.8) is 0 Å². The summed E-state index contributed by atoms with van der Waals surface area (Å²) in [5, 5.41) is 9.04. The number of carbonyl (C=O) groups is 1. The highest BCUT2D eigenvalue weighted by Gasteiger charge is 2.21. The van der Waals surface area contributed by atoms with Gasteiger partial charge in [-0.25, -0.2) is 0 Å². The van der Waals surface area contributed by atoms with Crippen LogP contribution in [-0.2, 0) is 26.4 Å². The van der Waals surface area contributed by atoms with Crippen LogP contribution in [0.4, 0.5) is 0 Å². The number of Topliss-reactive ketones (excluding diaryl/α,β-unsaturated/α-hetero) is 1. The highest BCUT2D eigenvalue weighted by molar-refractivity contribution is 5.98. The van der Waals surface area contributed by atoms with Gasteiger partial charge in [-0.3, -0.25) is 14.2 Å². The molecular weight excluding hydrogens is 264 g/mol. The van der Waals surface area contributed by atoms with Gasteiger partial charge >= 0.3 is 0 Å². The predicted octanol–water partition coefficient (Wildman–Crippen LogP) is 2.69. The van der Waals surface area contributed by atoms with Crippen LogP contribution in [0, 0.1) is 6.92 Å². The first kappa shape index (κ1) is 15.5. The summed E-state index contributed by atoms with van der Waals surface area (Å²) in [7, 11) is 1.94. The molecule has 0 N–H and O–H groups in total. The summed E-state index contributed by atoms with van der Waals surface area (Å²) < 4.78 is 3.85. The van der Waals surface area contributed by atoms with Crippen LogP contribution in [0.2, 0.25) is 0 Å². The first-order valence-corrected chi connectivity index (χ1v) is 7.62. The first-order valence-electron chi connectivity index (χ1n) is 7.62. The van der Waals surface area contributed by atoms with Gasteiger partial charge in [-0.1, -0.05) is 20.8 Å². The molecule has 0 fully saturated rings. The number of hydrogen-bond acceptors (Lipinski definition) is 3. The lowest BCUT2D eigenvalue weighted by molar-refractivity contribution is 0.0986. The summed E-state index contributed by atoms with van der Waals surface area (Å²) in [6, 6.07) is 2.06. The van der Waals surface area contributed by atoms with Crippen molar-refractivity contribution in [3.8, 4) is 0 Å². The van der Waals surface area contributed by atoms with E-state index in [4.69, 9.17) is 0 Å². The maximum atomic E-state index is 12.2. The van der Waals surface area contributed by atoms with E-state index in [1.54, 1.807) is 0 Å². The van der Waals surface area contributed by atoms with Crippen molar-refractivity contribution < 1.29 is 4.79 Å². The molecule has 21 heavy (non-hydrogen) atoms. The van der Waals surface area contributed by atoms with Crippen molar-refractivity contribution in [1.29, 1.82) is 0 Å². The zero-order chi connectivity index (χ0) is 15.6. The van der Waals surface area contributed by atoms with Gasteiger partial charge in [-0.2, -0.15) is 10.2 Å². The molecule has 2 rings (SSSR count). The molecule has 5 heteroatoms. The Kier molecular flexibility index (Phi) is 4.60. The molecule has 0 radical (unpaired) electrons. The third-order valence-electron chi connectivity index (χ3n) is 3.81. The number of hydrogen-bond donors (Lipinski definition) is 0. The van der Waals surface area contributed by atoms with Crippen LogP contribution >= 0.6 is 0 Å². The summed E-state index contributed by atoms with van der Waals surface area (Å²) >= 11 is 0. The second-order valence-electron chi connectivity index (χ2n) is 5.31. The van der Waals surface area contributed by atoms with Crippen molar-refractivity contribution in [2.24, 2.45) is 7.05 Å². The molecular formula is C16H24N4O. The Labute approximate surface area is 126 Å². The number of rotatable bonds is 6. The van der Waals surface area contributed by atoms with E-state index in [0.29, 0.717) is 13.0 Å². The molecule has 0 aromatic carbocycles. The molecule has 2 aromatic heterocycles. The van der Waals surface area contributed by atoms with E-state index in [1.165, 1.54) is 0 Å². The minimum Gasteiger partial charge on any atom is -0.294 e. The highest BCUT2D eigenvalue weighted by Crippen LogP contribution is 2.19. The Bertz CT molecular complexity index is 652. The Hall–Kier alpha value is -1.91. The second kappa shape index (κ2) is 6.24. The Morgan fingerprint density at radius 1 is 1.19 bits per heavy atom. The quantitative estimate of drug-likeness (QED) is 0.768. The van der Waals surface area contributed by atoms with Crippen LogP contribution in [0.1, 0.15) is 60.3 Å². The highest BCUT2D eigenvalue weighted by atomic mass is 16.1. The van der Waals surface area contributed by atoms with Crippen LogP contribution in [0.25, 0.3) is 0 Å². The van der Waals surface area contributed by atoms with Gasteiger partial charge in [0, 0.05) is 19.2 Å². The zero-order valence-electron chi connectivity index (χ0n) is 13.6. The first-order chi connectivity index (χ1) is 10.0. The molecule has 2 heterocycles. The molecule has 114 valence electrons. The molecule has 0 aliphatic rings. The van der Waals surface area contributed by atoms with E-state index in [1.807, 2.05) is 37.2 Å². The van der Waals surface area contributed by atoms with Crippen molar-refractivity contribution in [1.82, 2.24) is 19.6 Å². The summed E-state index contributed by atoms with van der Waals surface area (Å²) in [5.41, 5.74) is 4.89. The van der Waals surface area contributed by atoms with E-state index in [9.17, 15) is 4.79 Å². The smallest absolute Gasteiger partial charge is 0.166 e. The normalized spacial score (nSPS) is 11.1. The van der Waals surface area contributed by atoms with Gasteiger partial charge < -0.3 is 0 Å². The lowest BCUT2D eigenvalue weighted by Gasteiger charge is -2.07. The molecule has 0 amide bonds. The summed E-state index contributed by atoms with van der Waals surface area (Å²) in [4.78, 5) is 12.2. The third kappa shape index (κ3) is 2.91. The summed E-state index contributed by atoms with van der Waals surface area (Å²) in [5.74, 6) is 0.191. The molecule has 0 unspecified atom stereocenters. The van der Waals surface area contributed by atoms with E-state index >= 15 is 0 Å². The molecule has 0 spiro atoms. The average molecular weight is 288 g/mol. The van der Waals surface area contributed by atoms with Crippen molar-refractivity contribution in [2.75, 3.05) is 0 Å². The minimum atomic E-state index is 0.191. The van der Waals surface area contributed by atoms with Crippen LogP contribution < -0.4 is 0 Å². The van der Waals surface area contributed by atoms with Crippen LogP contribution in [0.3, 0.4) is 0 Å². The third-order valence-corrected chi connectivity index (χ3v) is 3.81. The molecule has 5 nitrogen and oxygen atoms in total. The van der Waals surface area contributed by atoms with Crippen LogP contribution in [0.15, 0.2) is 6.07 Å². The fraction of sp³-hybridized carbons (Fsp3) is 0.562. The van der Waals surface area contributed by atoms with E-state index < -0.39 is 0 Å². The molecule has 0 aliphatic carbocycles. The van der Waals surface area contributed by atoms with Gasteiger partial charge in [-0.05, 0) is 25.8 Å². The number of aromatic nitrogens is 4. The SMILES string of the molecule is CCC(=O)c1c(CC)nn(Cc2cc(C)nn2C)c1CC. The van der Waals surface area contributed by atoms with E-state index in [2.05, 4.69) is 23.2 Å². The maximum absolute atomic E-state index is 12.2. The second-order valence-corrected chi connectivity index (χ2v) is 5.31. The molecule has 0 saturated carbocycles. The topological polar surface area (TPSA) is 52.7 Å². The van der Waals surface area contributed by atoms with Gasteiger partial charge in [0.15, 0.2) is 5.78 Å². The Morgan fingerprint density at radius 2 is 1.90 bits per heavy atom. The Morgan fingerprint density at radius 3 is 2.38 bits per heavy atom. The monoisotopic (exact) mass is 288 g/mol. The lowest BCUT2D eigenvalue weighted by atomic mass is 10.0. The molecule has 0 aliphatic heterocycles. The van der Waals surface area contributed by atoms with Gasteiger partial charge in [0.1, 0.15) is 0 Å². The van der Waals surface area contributed by atoms with Crippen molar-refractivity contribution in [2.45, 2.75) is 53.5 Å². The number of carbonyl (C=O) groups excluding carboxylic acids is 1. The van der Waals surface area contributed by atoms with Crippen molar-refractivity contribution >= 4 is 5.78 Å². The van der Waals surface area contributed by atoms with Crippen LogP contribution in [-0.4, -0.2) is 25.3 Å². The number of ketones is 1. The van der Waals surface area contributed by atoms with Crippen molar-refractivity contribution in [3.05, 3.63) is 34.4 Å². The van der Waals surface area contributed by atoms with E-state index in [0.717, 1.165) is 41.2 Å².